The summed E-state index contributed by atoms with van der Waals surface area (Å²) in [4.78, 5) is 92.0. The van der Waals surface area contributed by atoms with E-state index >= 15 is 0 Å². The molecule has 4 aliphatic rings. The molecule has 6 aromatic rings. The number of benzene rings is 2. The van der Waals surface area contributed by atoms with Crippen LogP contribution < -0.4 is 16.9 Å². The van der Waals surface area contributed by atoms with Gasteiger partial charge in [-0.2, -0.15) is 0 Å². The molecule has 302 valence electrons. The van der Waals surface area contributed by atoms with Crippen molar-refractivity contribution < 1.29 is 38.1 Å². The molecule has 0 aliphatic carbocycles. The van der Waals surface area contributed by atoms with Crippen LogP contribution in [0.5, 0.6) is 0 Å². The molecule has 4 aromatic heterocycles. The Hall–Kier alpha value is -7.00. The largest absolute Gasteiger partial charge is 0.457 e. The van der Waals surface area contributed by atoms with Crippen LogP contribution in [-0.2, 0) is 75.6 Å². The van der Waals surface area contributed by atoms with E-state index in [9.17, 15) is 28.8 Å². The number of fused-ring (bicyclic) bond motifs is 10. The molecule has 0 amide bonds. The summed E-state index contributed by atoms with van der Waals surface area (Å²) in [7, 11) is 0. The third kappa shape index (κ3) is 5.38. The van der Waals surface area contributed by atoms with Gasteiger partial charge < -0.3 is 33.8 Å². The van der Waals surface area contributed by atoms with Gasteiger partial charge in [-0.25, -0.2) is 19.6 Å². The number of carbonyl (C=O) groups is 4. The van der Waals surface area contributed by atoms with E-state index in [1.807, 2.05) is 60.7 Å². The number of nitrogens with zero attached hydrogens (tertiary/aromatic N) is 4. The standard InChI is InChI=1S/C45H37N5O10/c1-3-44(29-17-34-37-25(15-23-9-5-7-11-32(23)47-37)19-49(34)39(52)27(29)21-57-42(44)55)59-36(51)14-13-31(46)41(54)60-45(4-2)30-18-35-38-26(16-24-10-6-8-12-33(24)48-38)20-50(35)40(53)28(30)22-58-43(45)56/h5-12,15-18,31H,3-4,13-14,19-22,46H2,1-2H3/t31-,44?,45?/m0/s1. The Labute approximate surface area is 340 Å². The molecule has 2 unspecified atom stereocenters. The van der Waals surface area contributed by atoms with Gasteiger partial charge in [0.2, 0.25) is 11.2 Å². The topological polar surface area (TPSA) is 201 Å². The maximum Gasteiger partial charge on any atom is 0.355 e. The zero-order valence-electron chi connectivity index (χ0n) is 32.6. The average molecular weight is 808 g/mol. The second-order valence-corrected chi connectivity index (χ2v) is 15.6. The van der Waals surface area contributed by atoms with E-state index in [0.717, 1.165) is 32.9 Å². The number of para-hydroxylation sites is 2. The van der Waals surface area contributed by atoms with Crippen molar-refractivity contribution in [1.82, 2.24) is 19.1 Å². The minimum Gasteiger partial charge on any atom is -0.457 e. The fourth-order valence-electron chi connectivity index (χ4n) is 9.05. The van der Waals surface area contributed by atoms with Gasteiger partial charge in [-0.1, -0.05) is 50.2 Å². The van der Waals surface area contributed by atoms with Gasteiger partial charge in [-0.3, -0.25) is 19.2 Å². The van der Waals surface area contributed by atoms with Crippen molar-refractivity contribution in [1.29, 1.82) is 0 Å². The summed E-state index contributed by atoms with van der Waals surface area (Å²) in [5, 5.41) is 1.84. The molecule has 0 radical (unpaired) electrons. The Balaban J connectivity index is 0.902. The predicted octanol–water partition coefficient (Wildman–Crippen LogP) is 4.38. The lowest BCUT2D eigenvalue weighted by Crippen LogP contribution is -2.50. The molecule has 8 heterocycles. The summed E-state index contributed by atoms with van der Waals surface area (Å²) in [6.45, 7) is 3.21. The fraction of sp³-hybridized carbons (Fsp3) is 0.289. The van der Waals surface area contributed by atoms with E-state index in [1.165, 1.54) is 0 Å². The lowest BCUT2D eigenvalue weighted by Gasteiger charge is -2.36. The maximum absolute atomic E-state index is 13.9. The first-order chi connectivity index (χ1) is 29.0. The SMILES string of the molecule is CCC1(OC(=O)CC[C@H](N)C(=O)OC2(CC)C(=O)OCc3c2cc2n(c3=O)Cc3cc4ccccc4nc3-2)C(=O)OCc2c1cc1n(c2=O)Cc2cc3ccccc3nc2-1. The number of aromatic nitrogens is 4. The van der Waals surface area contributed by atoms with Crippen molar-refractivity contribution in [2.75, 3.05) is 0 Å². The number of esters is 4. The number of hydrogen-bond donors (Lipinski definition) is 1. The second kappa shape index (κ2) is 13.5. The summed E-state index contributed by atoms with van der Waals surface area (Å²) in [5.74, 6) is -3.60. The molecule has 4 aliphatic heterocycles. The van der Waals surface area contributed by atoms with E-state index in [-0.39, 0.29) is 73.4 Å². The summed E-state index contributed by atoms with van der Waals surface area (Å²) < 4.78 is 25.9. The normalized spacial score (nSPS) is 19.9. The Morgan fingerprint density at radius 1 is 0.717 bits per heavy atom. The second-order valence-electron chi connectivity index (χ2n) is 15.6. The van der Waals surface area contributed by atoms with Gasteiger partial charge in [-0.05, 0) is 55.7 Å². The van der Waals surface area contributed by atoms with Crippen molar-refractivity contribution in [2.24, 2.45) is 5.73 Å². The molecule has 15 heteroatoms. The molecular weight excluding hydrogens is 771 g/mol. The zero-order chi connectivity index (χ0) is 41.7. The Morgan fingerprint density at radius 3 is 1.67 bits per heavy atom. The third-order valence-corrected chi connectivity index (χ3v) is 12.3. The molecule has 0 spiro atoms. The molecule has 0 saturated carbocycles. The van der Waals surface area contributed by atoms with Gasteiger partial charge >= 0.3 is 23.9 Å². The molecule has 2 N–H and O–H groups in total. The van der Waals surface area contributed by atoms with Gasteiger partial charge in [0.05, 0.1) is 58.0 Å². The number of ether oxygens (including phenoxy) is 4. The van der Waals surface area contributed by atoms with E-state index in [2.05, 4.69) is 0 Å². The molecule has 10 rings (SSSR count). The molecule has 0 saturated heterocycles. The Bertz CT molecular complexity index is 3040. The number of nitrogens with two attached hydrogens (primary N) is 1. The molecule has 0 fully saturated rings. The van der Waals surface area contributed by atoms with Crippen LogP contribution in [0.1, 0.15) is 72.9 Å². The van der Waals surface area contributed by atoms with Crippen molar-refractivity contribution in [3.63, 3.8) is 0 Å². The number of carbonyl (C=O) groups excluding carboxylic acids is 4. The number of hydrogen-bond acceptors (Lipinski definition) is 13. The van der Waals surface area contributed by atoms with Crippen LogP contribution in [0, 0.1) is 0 Å². The van der Waals surface area contributed by atoms with Gasteiger partial charge in [0, 0.05) is 39.4 Å². The van der Waals surface area contributed by atoms with Crippen LogP contribution in [0.15, 0.2) is 82.4 Å². The molecule has 0 bridgehead atoms. The van der Waals surface area contributed by atoms with Gasteiger partial charge in [-0.15, -0.1) is 0 Å². The summed E-state index contributed by atoms with van der Waals surface area (Å²) in [6.07, 6.45) is -0.872. The van der Waals surface area contributed by atoms with Crippen LogP contribution in [0.4, 0.5) is 0 Å². The van der Waals surface area contributed by atoms with Crippen LogP contribution in [0.2, 0.25) is 0 Å². The van der Waals surface area contributed by atoms with Gasteiger partial charge in [0.1, 0.15) is 19.3 Å². The number of rotatable bonds is 8. The van der Waals surface area contributed by atoms with Crippen LogP contribution in [0.3, 0.4) is 0 Å². The molecular formula is C45H37N5O10. The molecule has 3 atom stereocenters. The van der Waals surface area contributed by atoms with Gasteiger partial charge in [0.15, 0.2) is 0 Å². The van der Waals surface area contributed by atoms with Gasteiger partial charge in [0.25, 0.3) is 11.1 Å². The lowest BCUT2D eigenvalue weighted by atomic mass is 9.85. The minimum absolute atomic E-state index is 0.0555. The lowest BCUT2D eigenvalue weighted by molar-refractivity contribution is -0.191. The number of pyridine rings is 4. The molecule has 2 aromatic carbocycles. The summed E-state index contributed by atoms with van der Waals surface area (Å²) in [6, 6.07) is 21.0. The minimum atomic E-state index is -2.01. The zero-order valence-corrected chi connectivity index (χ0v) is 32.6. The van der Waals surface area contributed by atoms with Crippen LogP contribution in [-0.4, -0.2) is 49.0 Å². The highest BCUT2D eigenvalue weighted by Crippen LogP contribution is 2.43. The fourth-order valence-corrected chi connectivity index (χ4v) is 9.05. The Morgan fingerprint density at radius 2 is 1.18 bits per heavy atom. The maximum atomic E-state index is 13.9. The summed E-state index contributed by atoms with van der Waals surface area (Å²) >= 11 is 0. The van der Waals surface area contributed by atoms with E-state index in [1.54, 1.807) is 35.1 Å². The first-order valence-electron chi connectivity index (χ1n) is 19.8. The van der Waals surface area contributed by atoms with Crippen LogP contribution >= 0.6 is 0 Å². The smallest absolute Gasteiger partial charge is 0.355 e. The summed E-state index contributed by atoms with van der Waals surface area (Å²) in [5.41, 5.74) is 7.60. The van der Waals surface area contributed by atoms with Crippen molar-refractivity contribution in [3.8, 4) is 22.8 Å². The van der Waals surface area contributed by atoms with E-state index < -0.39 is 53.1 Å². The highest BCUT2D eigenvalue weighted by molar-refractivity contribution is 5.91. The van der Waals surface area contributed by atoms with E-state index in [4.69, 9.17) is 34.6 Å². The first-order valence-corrected chi connectivity index (χ1v) is 19.8. The predicted molar refractivity (Wildman–Crippen MR) is 214 cm³/mol. The highest BCUT2D eigenvalue weighted by Gasteiger charge is 2.52. The first kappa shape index (κ1) is 37.3. The van der Waals surface area contributed by atoms with Crippen molar-refractivity contribution in [3.05, 3.63) is 127 Å². The van der Waals surface area contributed by atoms with E-state index in [0.29, 0.717) is 22.8 Å². The molecule has 60 heavy (non-hydrogen) atoms. The molecule has 15 nitrogen and oxygen atoms in total. The van der Waals surface area contributed by atoms with Crippen molar-refractivity contribution in [2.45, 2.75) is 83.1 Å². The monoisotopic (exact) mass is 807 g/mol. The number of cyclic esters (lactones) is 2. The average Bonchev–Trinajstić information content (AvgIpc) is 3.80. The Kier molecular flexibility index (Phi) is 8.40. The highest BCUT2D eigenvalue weighted by atomic mass is 16.6. The van der Waals surface area contributed by atoms with Crippen molar-refractivity contribution >= 4 is 45.7 Å². The van der Waals surface area contributed by atoms with Crippen LogP contribution in [0.25, 0.3) is 44.6 Å². The third-order valence-electron chi connectivity index (χ3n) is 12.3. The quantitative estimate of drug-likeness (QED) is 0.168.